The van der Waals surface area contributed by atoms with Crippen molar-refractivity contribution in [2.75, 3.05) is 18.8 Å². The predicted octanol–water partition coefficient (Wildman–Crippen LogP) is 2.85. The van der Waals surface area contributed by atoms with Gasteiger partial charge in [0.1, 0.15) is 5.76 Å². The third-order valence-corrected chi connectivity index (χ3v) is 5.57. The fraction of sp³-hybridized carbons (Fsp3) is 0.300. The molecule has 4 aromatic heterocycles. The van der Waals surface area contributed by atoms with Gasteiger partial charge in [0, 0.05) is 55.1 Å². The van der Waals surface area contributed by atoms with E-state index in [9.17, 15) is 4.79 Å². The average molecular weight is 391 g/mol. The maximum Gasteiger partial charge on any atom is 0.219 e. The Labute approximate surface area is 166 Å². The first kappa shape index (κ1) is 17.5. The first-order valence-electron chi connectivity index (χ1n) is 9.57. The highest BCUT2D eigenvalue weighted by Crippen LogP contribution is 2.36. The molecule has 29 heavy (non-hydrogen) atoms. The van der Waals surface area contributed by atoms with Crippen LogP contribution in [0.2, 0.25) is 0 Å². The zero-order chi connectivity index (χ0) is 20.0. The smallest absolute Gasteiger partial charge is 0.219 e. The van der Waals surface area contributed by atoms with Crippen molar-refractivity contribution in [3.05, 3.63) is 37.1 Å². The number of H-pyrrole nitrogens is 1. The summed E-state index contributed by atoms with van der Waals surface area (Å²) in [5, 5.41) is 12.2. The number of rotatable bonds is 3. The molecule has 1 amide bonds. The molecule has 0 radical (unpaired) electrons. The molecule has 4 aromatic rings. The van der Waals surface area contributed by atoms with Crippen LogP contribution < -0.4 is 5.73 Å². The van der Waals surface area contributed by atoms with E-state index in [4.69, 9.17) is 10.2 Å². The largest absolute Gasteiger partial charge is 0.452 e. The third-order valence-electron chi connectivity index (χ3n) is 5.57. The minimum absolute atomic E-state index is 0.133. The molecule has 0 bridgehead atoms. The summed E-state index contributed by atoms with van der Waals surface area (Å²) in [5.74, 6) is 1.16. The molecule has 5 heterocycles. The number of nitrogens with two attached hydrogens (primary N) is 1. The highest BCUT2D eigenvalue weighted by Gasteiger charge is 2.23. The van der Waals surface area contributed by atoms with Gasteiger partial charge in [-0.2, -0.15) is 10.2 Å². The van der Waals surface area contributed by atoms with Crippen LogP contribution >= 0.6 is 0 Å². The highest BCUT2D eigenvalue weighted by atomic mass is 16.3. The molecule has 1 aliphatic rings. The Hall–Kier alpha value is -3.62. The zero-order valence-corrected chi connectivity index (χ0v) is 16.0. The van der Waals surface area contributed by atoms with Crippen LogP contribution in [0, 0.1) is 0 Å². The van der Waals surface area contributed by atoms with E-state index in [0.717, 1.165) is 48.0 Å². The van der Waals surface area contributed by atoms with E-state index in [1.807, 2.05) is 28.0 Å². The average Bonchev–Trinajstić information content (AvgIpc) is 3.48. The Morgan fingerprint density at radius 1 is 1.24 bits per heavy atom. The first-order chi connectivity index (χ1) is 14.1. The van der Waals surface area contributed by atoms with Gasteiger partial charge >= 0.3 is 0 Å². The van der Waals surface area contributed by atoms with Crippen LogP contribution in [0.1, 0.15) is 25.8 Å². The number of piperidine rings is 1. The van der Waals surface area contributed by atoms with E-state index in [2.05, 4.69) is 20.3 Å². The van der Waals surface area contributed by atoms with Gasteiger partial charge < -0.3 is 15.1 Å². The zero-order valence-electron chi connectivity index (χ0n) is 16.0. The fourth-order valence-electron chi connectivity index (χ4n) is 3.92. The van der Waals surface area contributed by atoms with Crippen LogP contribution in [0.15, 0.2) is 41.5 Å². The number of nitrogens with one attached hydrogen (secondary N) is 1. The molecule has 9 heteroatoms. The lowest BCUT2D eigenvalue weighted by molar-refractivity contribution is -0.130. The number of carbonyl (C=O) groups is 1. The van der Waals surface area contributed by atoms with Gasteiger partial charge in [0.05, 0.1) is 24.0 Å². The van der Waals surface area contributed by atoms with Gasteiger partial charge in [0.2, 0.25) is 5.91 Å². The molecule has 0 saturated carbocycles. The van der Waals surface area contributed by atoms with Gasteiger partial charge in [-0.25, -0.2) is 4.98 Å². The van der Waals surface area contributed by atoms with Crippen molar-refractivity contribution in [2.24, 2.45) is 0 Å². The Bertz CT molecular complexity index is 1170. The molecular weight excluding hydrogens is 370 g/mol. The lowest BCUT2D eigenvalue weighted by atomic mass is 10.0. The van der Waals surface area contributed by atoms with Crippen molar-refractivity contribution < 1.29 is 9.21 Å². The van der Waals surface area contributed by atoms with Gasteiger partial charge in [-0.1, -0.05) is 0 Å². The van der Waals surface area contributed by atoms with Crippen molar-refractivity contribution in [1.29, 1.82) is 0 Å². The number of hydrogen-bond acceptors (Lipinski definition) is 6. The topological polar surface area (TPSA) is 119 Å². The number of pyridine rings is 1. The Morgan fingerprint density at radius 2 is 2.07 bits per heavy atom. The molecule has 1 aliphatic heterocycles. The molecule has 0 atom stereocenters. The standard InChI is InChI=1S/C20H21N7O2/c1-12(28)26-4-2-15(3-5-26)27-11-14(9-25-27)17-10-22-20(21)19-16(17)6-18(29-19)13-7-23-24-8-13/h6-11,15H,2-5H2,1H3,(H2,21,22)(H,23,24). The van der Waals surface area contributed by atoms with E-state index in [1.54, 1.807) is 25.5 Å². The summed E-state index contributed by atoms with van der Waals surface area (Å²) < 4.78 is 7.94. The summed E-state index contributed by atoms with van der Waals surface area (Å²) in [6.07, 6.45) is 10.9. The van der Waals surface area contributed by atoms with Crippen LogP contribution in [0.3, 0.4) is 0 Å². The van der Waals surface area contributed by atoms with E-state index in [0.29, 0.717) is 17.2 Å². The van der Waals surface area contributed by atoms with Crippen molar-refractivity contribution in [3.63, 3.8) is 0 Å². The molecule has 1 saturated heterocycles. The van der Waals surface area contributed by atoms with Crippen LogP contribution in [0.4, 0.5) is 5.82 Å². The summed E-state index contributed by atoms with van der Waals surface area (Å²) >= 11 is 0. The number of anilines is 1. The summed E-state index contributed by atoms with van der Waals surface area (Å²) in [4.78, 5) is 17.7. The molecule has 5 rings (SSSR count). The first-order valence-corrected chi connectivity index (χ1v) is 9.57. The quantitative estimate of drug-likeness (QED) is 0.554. The summed E-state index contributed by atoms with van der Waals surface area (Å²) in [5.41, 5.74) is 9.32. The second-order valence-corrected chi connectivity index (χ2v) is 7.34. The number of aromatic nitrogens is 5. The number of carbonyl (C=O) groups excluding carboxylic acids is 1. The number of aromatic amines is 1. The van der Waals surface area contributed by atoms with Crippen molar-refractivity contribution in [1.82, 2.24) is 29.9 Å². The van der Waals surface area contributed by atoms with E-state index >= 15 is 0 Å². The fourth-order valence-corrected chi connectivity index (χ4v) is 3.92. The molecule has 9 nitrogen and oxygen atoms in total. The molecular formula is C20H21N7O2. The van der Waals surface area contributed by atoms with Crippen LogP contribution in [-0.2, 0) is 4.79 Å². The van der Waals surface area contributed by atoms with Gasteiger partial charge in [0.15, 0.2) is 11.4 Å². The molecule has 0 spiro atoms. The van der Waals surface area contributed by atoms with E-state index in [1.165, 1.54) is 0 Å². The number of likely N-dealkylation sites (tertiary alicyclic amines) is 1. The van der Waals surface area contributed by atoms with Crippen molar-refractivity contribution in [2.45, 2.75) is 25.8 Å². The van der Waals surface area contributed by atoms with Crippen LogP contribution in [0.5, 0.6) is 0 Å². The summed E-state index contributed by atoms with van der Waals surface area (Å²) in [6.45, 7) is 3.14. The van der Waals surface area contributed by atoms with Gasteiger partial charge in [-0.15, -0.1) is 0 Å². The minimum Gasteiger partial charge on any atom is -0.452 e. The molecule has 3 N–H and O–H groups in total. The monoisotopic (exact) mass is 391 g/mol. The number of furan rings is 1. The third kappa shape index (κ3) is 3.04. The summed E-state index contributed by atoms with van der Waals surface area (Å²) in [6, 6.07) is 2.23. The lowest BCUT2D eigenvalue weighted by Gasteiger charge is -2.31. The van der Waals surface area contributed by atoms with Crippen LogP contribution in [0.25, 0.3) is 33.4 Å². The van der Waals surface area contributed by atoms with E-state index < -0.39 is 0 Å². The number of fused-ring (bicyclic) bond motifs is 1. The Balaban J connectivity index is 1.47. The number of nitrogens with zero attached hydrogens (tertiary/aromatic N) is 5. The summed E-state index contributed by atoms with van der Waals surface area (Å²) in [7, 11) is 0. The molecule has 0 aromatic carbocycles. The number of hydrogen-bond donors (Lipinski definition) is 2. The van der Waals surface area contributed by atoms with Crippen molar-refractivity contribution in [3.8, 4) is 22.5 Å². The molecule has 0 unspecified atom stereocenters. The van der Waals surface area contributed by atoms with Crippen molar-refractivity contribution >= 4 is 22.7 Å². The molecule has 148 valence electrons. The van der Waals surface area contributed by atoms with Crippen LogP contribution in [-0.4, -0.2) is 48.9 Å². The Kier molecular flexibility index (Phi) is 4.08. The number of nitrogen functional groups attached to an aromatic ring is 1. The normalized spacial score (nSPS) is 15.3. The highest BCUT2D eigenvalue weighted by molar-refractivity contribution is 6.00. The van der Waals surface area contributed by atoms with Gasteiger partial charge in [-0.05, 0) is 18.9 Å². The minimum atomic E-state index is 0.133. The van der Waals surface area contributed by atoms with Gasteiger partial charge in [-0.3, -0.25) is 14.6 Å². The second-order valence-electron chi connectivity index (χ2n) is 7.34. The van der Waals surface area contributed by atoms with Gasteiger partial charge in [0.25, 0.3) is 0 Å². The lowest BCUT2D eigenvalue weighted by Crippen LogP contribution is -2.37. The maximum absolute atomic E-state index is 11.5. The van der Waals surface area contributed by atoms with E-state index in [-0.39, 0.29) is 11.9 Å². The maximum atomic E-state index is 11.5. The predicted molar refractivity (Wildman–Crippen MR) is 108 cm³/mol. The SMILES string of the molecule is CC(=O)N1CCC(n2cc(-c3cnc(N)c4oc(-c5cn[nH]c5)cc34)cn2)CC1. The Morgan fingerprint density at radius 3 is 2.79 bits per heavy atom. The second kappa shape index (κ2) is 6.77. The number of amides is 1. The molecule has 1 fully saturated rings. The molecule has 0 aliphatic carbocycles.